The molecule has 38 heavy (non-hydrogen) atoms. The zero-order valence-electron chi connectivity index (χ0n) is 21.0. The van der Waals surface area contributed by atoms with Gasteiger partial charge >= 0.3 is 0 Å². The van der Waals surface area contributed by atoms with Crippen molar-refractivity contribution in [1.82, 2.24) is 4.90 Å². The number of carbonyl (C=O) groups is 2. The van der Waals surface area contributed by atoms with Crippen LogP contribution in [0.3, 0.4) is 0 Å². The molecule has 0 saturated heterocycles. The highest BCUT2D eigenvalue weighted by molar-refractivity contribution is 5.98. The molecule has 1 aliphatic rings. The van der Waals surface area contributed by atoms with Gasteiger partial charge in [-0.2, -0.15) is 0 Å². The Balaban J connectivity index is 1.13. The summed E-state index contributed by atoms with van der Waals surface area (Å²) in [4.78, 5) is 27.7. The second-order valence-corrected chi connectivity index (χ2v) is 9.71. The fourth-order valence-electron chi connectivity index (χ4n) is 5.03. The molecule has 2 heterocycles. The Morgan fingerprint density at radius 1 is 0.816 bits per heavy atom. The molecule has 1 N–H and O–H groups in total. The number of fused-ring (bicyclic) bond motifs is 2. The molecule has 0 spiro atoms. The average molecular weight is 501 g/mol. The molecule has 0 saturated carbocycles. The van der Waals surface area contributed by atoms with Gasteiger partial charge in [0.1, 0.15) is 11.5 Å². The summed E-state index contributed by atoms with van der Waals surface area (Å²) in [6.07, 6.45) is 1.79. The third kappa shape index (κ3) is 5.09. The SMILES string of the molecule is O=C(CCc1ccccc1)Nc1cccc(-c2cc3c(o2)CCN(C(=O)c2ccc4ccccc4c2)C3)c1. The minimum absolute atomic E-state index is 0.0208. The van der Waals surface area contributed by atoms with E-state index in [2.05, 4.69) is 11.4 Å². The maximum absolute atomic E-state index is 13.3. The fourth-order valence-corrected chi connectivity index (χ4v) is 5.03. The van der Waals surface area contributed by atoms with E-state index in [0.29, 0.717) is 37.9 Å². The van der Waals surface area contributed by atoms with Crippen molar-refractivity contribution in [3.63, 3.8) is 0 Å². The molecule has 4 aromatic carbocycles. The van der Waals surface area contributed by atoms with Crippen LogP contribution in [-0.2, 0) is 24.2 Å². The lowest BCUT2D eigenvalue weighted by Gasteiger charge is -2.26. The van der Waals surface area contributed by atoms with Crippen LogP contribution in [0.25, 0.3) is 22.1 Å². The third-order valence-electron chi connectivity index (χ3n) is 7.06. The van der Waals surface area contributed by atoms with E-state index in [-0.39, 0.29) is 11.8 Å². The molecule has 0 unspecified atom stereocenters. The lowest BCUT2D eigenvalue weighted by atomic mass is 10.0. The molecule has 0 atom stereocenters. The summed E-state index contributed by atoms with van der Waals surface area (Å²) >= 11 is 0. The van der Waals surface area contributed by atoms with Crippen molar-refractivity contribution in [3.8, 4) is 11.3 Å². The summed E-state index contributed by atoms with van der Waals surface area (Å²) in [7, 11) is 0. The van der Waals surface area contributed by atoms with Crippen molar-refractivity contribution in [2.45, 2.75) is 25.8 Å². The van der Waals surface area contributed by atoms with Crippen LogP contribution in [0.2, 0.25) is 0 Å². The van der Waals surface area contributed by atoms with Gasteiger partial charge in [0, 0.05) is 48.3 Å². The first-order valence-electron chi connectivity index (χ1n) is 13.0. The normalized spacial score (nSPS) is 12.8. The zero-order valence-corrected chi connectivity index (χ0v) is 21.0. The summed E-state index contributed by atoms with van der Waals surface area (Å²) in [6, 6.07) is 33.7. The highest BCUT2D eigenvalue weighted by atomic mass is 16.3. The molecule has 1 aromatic heterocycles. The summed E-state index contributed by atoms with van der Waals surface area (Å²) in [5.74, 6) is 1.67. The minimum Gasteiger partial charge on any atom is -0.461 e. The summed E-state index contributed by atoms with van der Waals surface area (Å²) in [5.41, 5.74) is 4.51. The maximum atomic E-state index is 13.3. The lowest BCUT2D eigenvalue weighted by Crippen LogP contribution is -2.35. The number of benzene rings is 4. The van der Waals surface area contributed by atoms with E-state index in [1.807, 2.05) is 102 Å². The Kier molecular flexibility index (Phi) is 6.49. The molecule has 2 amide bonds. The van der Waals surface area contributed by atoms with Gasteiger partial charge in [-0.3, -0.25) is 9.59 Å². The molecular weight excluding hydrogens is 472 g/mol. The lowest BCUT2D eigenvalue weighted by molar-refractivity contribution is -0.116. The van der Waals surface area contributed by atoms with Gasteiger partial charge in [-0.15, -0.1) is 0 Å². The Labute approximate surface area is 221 Å². The molecule has 5 heteroatoms. The van der Waals surface area contributed by atoms with Crippen LogP contribution in [0.4, 0.5) is 5.69 Å². The van der Waals surface area contributed by atoms with Crippen LogP contribution in [0, 0.1) is 0 Å². The summed E-state index contributed by atoms with van der Waals surface area (Å²) in [5, 5.41) is 5.19. The number of rotatable bonds is 6. The predicted octanol–water partition coefficient (Wildman–Crippen LogP) is 6.87. The summed E-state index contributed by atoms with van der Waals surface area (Å²) < 4.78 is 6.20. The van der Waals surface area contributed by atoms with E-state index in [1.165, 1.54) is 0 Å². The number of furan rings is 1. The molecule has 0 fully saturated rings. The van der Waals surface area contributed by atoms with Gasteiger partial charge in [0.25, 0.3) is 5.91 Å². The van der Waals surface area contributed by atoms with Gasteiger partial charge in [-0.1, -0.05) is 72.8 Å². The molecule has 0 aliphatic carbocycles. The van der Waals surface area contributed by atoms with Gasteiger partial charge in [0.15, 0.2) is 0 Å². The average Bonchev–Trinajstić information content (AvgIpc) is 3.40. The van der Waals surface area contributed by atoms with Gasteiger partial charge in [0.2, 0.25) is 5.91 Å². The molecule has 6 rings (SSSR count). The predicted molar refractivity (Wildman–Crippen MR) is 150 cm³/mol. The number of carbonyl (C=O) groups excluding carboxylic acids is 2. The Morgan fingerprint density at radius 3 is 2.50 bits per heavy atom. The second-order valence-electron chi connectivity index (χ2n) is 9.71. The van der Waals surface area contributed by atoms with Crippen molar-refractivity contribution in [3.05, 3.63) is 126 Å². The van der Waals surface area contributed by atoms with E-state index in [4.69, 9.17) is 4.42 Å². The third-order valence-corrected chi connectivity index (χ3v) is 7.06. The van der Waals surface area contributed by atoms with Crippen LogP contribution in [0.5, 0.6) is 0 Å². The van der Waals surface area contributed by atoms with Crippen LogP contribution in [-0.4, -0.2) is 23.3 Å². The van der Waals surface area contributed by atoms with Gasteiger partial charge in [-0.05, 0) is 53.1 Å². The number of anilines is 1. The van der Waals surface area contributed by atoms with E-state index in [9.17, 15) is 9.59 Å². The quantitative estimate of drug-likeness (QED) is 0.277. The molecule has 5 aromatic rings. The minimum atomic E-state index is -0.0208. The monoisotopic (exact) mass is 500 g/mol. The first-order chi connectivity index (χ1) is 18.6. The number of amides is 2. The van der Waals surface area contributed by atoms with Gasteiger partial charge in [0.05, 0.1) is 0 Å². The number of aryl methyl sites for hydroxylation is 1. The summed E-state index contributed by atoms with van der Waals surface area (Å²) in [6.45, 7) is 1.13. The molecule has 5 nitrogen and oxygen atoms in total. The van der Waals surface area contributed by atoms with E-state index in [1.54, 1.807) is 0 Å². The Hall–Kier alpha value is -4.64. The molecular formula is C33H28N2O3. The smallest absolute Gasteiger partial charge is 0.254 e. The van der Waals surface area contributed by atoms with Crippen molar-refractivity contribution in [2.75, 3.05) is 11.9 Å². The first kappa shape index (κ1) is 23.7. The zero-order chi connectivity index (χ0) is 25.9. The van der Waals surface area contributed by atoms with E-state index < -0.39 is 0 Å². The number of hydrogen-bond donors (Lipinski definition) is 1. The standard InChI is InChI=1S/C33H28N2O3/c36-32(16-13-23-7-2-1-3-8-23)34-29-12-6-11-26(20-29)31-21-28-22-35(18-17-30(28)38-31)33(37)27-15-14-24-9-4-5-10-25(24)19-27/h1-12,14-15,19-21H,13,16-18,22H2,(H,34,36). The molecule has 0 radical (unpaired) electrons. The Morgan fingerprint density at radius 2 is 1.63 bits per heavy atom. The van der Waals surface area contributed by atoms with Crippen LogP contribution in [0.1, 0.15) is 33.7 Å². The van der Waals surface area contributed by atoms with Crippen molar-refractivity contribution < 1.29 is 14.0 Å². The number of nitrogens with zero attached hydrogens (tertiary/aromatic N) is 1. The molecule has 0 bridgehead atoms. The second kappa shape index (κ2) is 10.4. The van der Waals surface area contributed by atoms with Crippen LogP contribution in [0.15, 0.2) is 108 Å². The number of nitrogens with one attached hydrogen (secondary N) is 1. The highest BCUT2D eigenvalue weighted by Gasteiger charge is 2.25. The number of hydrogen-bond acceptors (Lipinski definition) is 3. The molecule has 188 valence electrons. The first-order valence-corrected chi connectivity index (χ1v) is 13.0. The van der Waals surface area contributed by atoms with Crippen molar-refractivity contribution >= 4 is 28.3 Å². The van der Waals surface area contributed by atoms with Crippen LogP contribution >= 0.6 is 0 Å². The maximum Gasteiger partial charge on any atom is 0.254 e. The Bertz CT molecular complexity index is 1620. The van der Waals surface area contributed by atoms with Crippen molar-refractivity contribution in [2.24, 2.45) is 0 Å². The van der Waals surface area contributed by atoms with Gasteiger partial charge < -0.3 is 14.6 Å². The van der Waals surface area contributed by atoms with Crippen molar-refractivity contribution in [1.29, 1.82) is 0 Å². The van der Waals surface area contributed by atoms with E-state index in [0.717, 1.165) is 44.7 Å². The fraction of sp³-hybridized carbons (Fsp3) is 0.152. The van der Waals surface area contributed by atoms with Crippen LogP contribution < -0.4 is 5.32 Å². The topological polar surface area (TPSA) is 62.6 Å². The largest absolute Gasteiger partial charge is 0.461 e. The highest BCUT2D eigenvalue weighted by Crippen LogP contribution is 2.31. The van der Waals surface area contributed by atoms with Gasteiger partial charge in [-0.25, -0.2) is 0 Å². The van der Waals surface area contributed by atoms with E-state index >= 15 is 0 Å². The molecule has 1 aliphatic heterocycles.